The molecule has 0 aromatic heterocycles. The Bertz CT molecular complexity index is 319. The molecule has 0 heterocycles. The van der Waals surface area contributed by atoms with Crippen LogP contribution in [0, 0.1) is 13.8 Å². The minimum atomic E-state index is 0.263. The third-order valence-electron chi connectivity index (χ3n) is 3.18. The Balaban J connectivity index is 2.80. The fraction of sp³-hybridized carbons (Fsp3) is 0.600. The van der Waals surface area contributed by atoms with Gasteiger partial charge in [-0.3, -0.25) is 0 Å². The van der Waals surface area contributed by atoms with E-state index in [1.807, 2.05) is 0 Å². The van der Waals surface area contributed by atoms with Crippen LogP contribution in [0.4, 0.5) is 0 Å². The highest BCUT2D eigenvalue weighted by atomic mass is 14.8. The van der Waals surface area contributed by atoms with Gasteiger partial charge in [-0.15, -0.1) is 0 Å². The average molecular weight is 219 g/mol. The van der Waals surface area contributed by atoms with Crippen molar-refractivity contribution in [3.8, 4) is 0 Å². The summed E-state index contributed by atoms with van der Waals surface area (Å²) in [4.78, 5) is 0. The molecule has 0 spiro atoms. The highest BCUT2D eigenvalue weighted by Crippen LogP contribution is 2.28. The smallest absolute Gasteiger partial charge is 0.00407 e. The second-order valence-electron chi connectivity index (χ2n) is 5.36. The number of hydrogen-bond donors (Lipinski definition) is 1. The topological polar surface area (TPSA) is 12.0 Å². The van der Waals surface area contributed by atoms with Crippen molar-refractivity contribution in [3.63, 3.8) is 0 Å². The molecule has 0 radical (unpaired) electrons. The van der Waals surface area contributed by atoms with E-state index in [1.54, 1.807) is 0 Å². The third kappa shape index (κ3) is 3.64. The van der Waals surface area contributed by atoms with Gasteiger partial charge in [-0.05, 0) is 44.3 Å². The fourth-order valence-electron chi connectivity index (χ4n) is 2.09. The van der Waals surface area contributed by atoms with E-state index in [2.05, 4.69) is 58.1 Å². The van der Waals surface area contributed by atoms with Crippen molar-refractivity contribution in [2.45, 2.75) is 46.5 Å². The Hall–Kier alpha value is -0.820. The van der Waals surface area contributed by atoms with Gasteiger partial charge in [-0.25, -0.2) is 0 Å². The molecule has 1 nitrogen and oxygen atoms in total. The van der Waals surface area contributed by atoms with Crippen molar-refractivity contribution in [2.75, 3.05) is 13.1 Å². The van der Waals surface area contributed by atoms with Crippen LogP contribution >= 0.6 is 0 Å². The average Bonchev–Trinajstić information content (AvgIpc) is 2.16. The maximum absolute atomic E-state index is 3.40. The van der Waals surface area contributed by atoms with Gasteiger partial charge < -0.3 is 5.32 Å². The van der Waals surface area contributed by atoms with Gasteiger partial charge in [0.05, 0.1) is 0 Å². The van der Waals surface area contributed by atoms with Crippen molar-refractivity contribution in [2.24, 2.45) is 0 Å². The van der Waals surface area contributed by atoms with Crippen LogP contribution < -0.4 is 5.32 Å². The van der Waals surface area contributed by atoms with Gasteiger partial charge in [0.2, 0.25) is 0 Å². The van der Waals surface area contributed by atoms with Gasteiger partial charge >= 0.3 is 0 Å². The van der Waals surface area contributed by atoms with Gasteiger partial charge in [0.1, 0.15) is 0 Å². The van der Waals surface area contributed by atoms with E-state index in [9.17, 15) is 0 Å². The van der Waals surface area contributed by atoms with Crippen molar-refractivity contribution < 1.29 is 0 Å². The van der Waals surface area contributed by atoms with Gasteiger partial charge in [-0.1, -0.05) is 50.1 Å². The molecule has 0 atom stereocenters. The van der Waals surface area contributed by atoms with Crippen molar-refractivity contribution >= 4 is 0 Å². The molecule has 0 saturated heterocycles. The Morgan fingerprint density at radius 1 is 1.06 bits per heavy atom. The molecule has 1 heteroatoms. The molecule has 0 aliphatic rings. The summed E-state index contributed by atoms with van der Waals surface area (Å²) in [7, 11) is 0. The van der Waals surface area contributed by atoms with Gasteiger partial charge in [0, 0.05) is 0 Å². The predicted molar refractivity (Wildman–Crippen MR) is 72.1 cm³/mol. The van der Waals surface area contributed by atoms with Crippen LogP contribution in [0.3, 0.4) is 0 Å². The van der Waals surface area contributed by atoms with Crippen LogP contribution in [-0.4, -0.2) is 13.1 Å². The molecule has 1 aromatic carbocycles. The first-order valence-corrected chi connectivity index (χ1v) is 6.25. The molecule has 0 unspecified atom stereocenters. The molecule has 1 N–H and O–H groups in total. The molecule has 0 aliphatic carbocycles. The molecule has 0 amide bonds. The first-order valence-electron chi connectivity index (χ1n) is 6.25. The Morgan fingerprint density at radius 2 is 1.62 bits per heavy atom. The van der Waals surface area contributed by atoms with E-state index in [4.69, 9.17) is 0 Å². The summed E-state index contributed by atoms with van der Waals surface area (Å²) in [5.41, 5.74) is 4.46. The summed E-state index contributed by atoms with van der Waals surface area (Å²) < 4.78 is 0. The molecular weight excluding hydrogens is 194 g/mol. The van der Waals surface area contributed by atoms with Crippen LogP contribution in [0.15, 0.2) is 18.2 Å². The third-order valence-corrected chi connectivity index (χ3v) is 3.18. The zero-order chi connectivity index (χ0) is 12.2. The van der Waals surface area contributed by atoms with E-state index < -0.39 is 0 Å². The monoisotopic (exact) mass is 219 g/mol. The maximum atomic E-state index is 3.40. The lowest BCUT2D eigenvalue weighted by atomic mass is 9.80. The van der Waals surface area contributed by atoms with Crippen molar-refractivity contribution in [1.29, 1.82) is 0 Å². The second-order valence-corrected chi connectivity index (χ2v) is 5.36. The molecule has 0 bridgehead atoms. The summed E-state index contributed by atoms with van der Waals surface area (Å²) in [5, 5.41) is 3.40. The van der Waals surface area contributed by atoms with E-state index in [1.165, 1.54) is 23.1 Å². The van der Waals surface area contributed by atoms with Crippen molar-refractivity contribution in [1.82, 2.24) is 5.32 Å². The lowest BCUT2D eigenvalue weighted by molar-refractivity contribution is 0.460. The fourth-order valence-corrected chi connectivity index (χ4v) is 2.09. The van der Waals surface area contributed by atoms with Crippen LogP contribution in [0.1, 0.15) is 43.9 Å². The Labute approximate surface area is 100 Å². The number of benzene rings is 1. The quantitative estimate of drug-likeness (QED) is 0.746. The lowest BCUT2D eigenvalue weighted by Gasteiger charge is -2.26. The van der Waals surface area contributed by atoms with Crippen LogP contribution in [-0.2, 0) is 5.41 Å². The first kappa shape index (κ1) is 13.2. The Kier molecular flexibility index (Phi) is 4.55. The zero-order valence-corrected chi connectivity index (χ0v) is 11.4. The summed E-state index contributed by atoms with van der Waals surface area (Å²) in [5.74, 6) is 0. The second kappa shape index (κ2) is 5.49. The minimum absolute atomic E-state index is 0.263. The molecule has 0 fully saturated rings. The predicted octanol–water partition coefficient (Wildman–Crippen LogP) is 3.58. The molecule has 1 aromatic rings. The molecule has 1 rings (SSSR count). The largest absolute Gasteiger partial charge is 0.317 e. The first-order chi connectivity index (χ1) is 7.45. The maximum Gasteiger partial charge on any atom is -0.00407 e. The van der Waals surface area contributed by atoms with E-state index >= 15 is 0 Å². The zero-order valence-electron chi connectivity index (χ0n) is 11.4. The number of nitrogens with one attached hydrogen (secondary N) is 1. The summed E-state index contributed by atoms with van der Waals surface area (Å²) in [6, 6.07) is 6.88. The van der Waals surface area contributed by atoms with Gasteiger partial charge in [-0.2, -0.15) is 0 Å². The van der Waals surface area contributed by atoms with Crippen LogP contribution in [0.2, 0.25) is 0 Å². The van der Waals surface area contributed by atoms with Crippen LogP contribution in [0.25, 0.3) is 0 Å². The molecule has 0 saturated carbocycles. The molecule has 0 aliphatic heterocycles. The highest BCUT2D eigenvalue weighted by molar-refractivity contribution is 5.33. The van der Waals surface area contributed by atoms with Crippen molar-refractivity contribution in [3.05, 3.63) is 34.9 Å². The molecular formula is C15H25N. The normalized spacial score (nSPS) is 11.8. The number of aryl methyl sites for hydroxylation is 2. The minimum Gasteiger partial charge on any atom is -0.317 e. The lowest BCUT2D eigenvalue weighted by Crippen LogP contribution is -2.25. The highest BCUT2D eigenvalue weighted by Gasteiger charge is 2.20. The summed E-state index contributed by atoms with van der Waals surface area (Å²) in [6.07, 6.45) is 1.18. The number of rotatable bonds is 5. The molecule has 90 valence electrons. The van der Waals surface area contributed by atoms with Crippen LogP contribution in [0.5, 0.6) is 0 Å². The SMILES string of the molecule is CCNCCC(C)(C)c1cc(C)cc(C)c1. The Morgan fingerprint density at radius 3 is 2.12 bits per heavy atom. The standard InChI is InChI=1S/C15H25N/c1-6-16-8-7-15(4,5)14-10-12(2)9-13(3)11-14/h9-11,16H,6-8H2,1-5H3. The van der Waals surface area contributed by atoms with Gasteiger partial charge in [0.15, 0.2) is 0 Å². The molecule has 16 heavy (non-hydrogen) atoms. The summed E-state index contributed by atoms with van der Waals surface area (Å²) in [6.45, 7) is 13.3. The number of hydrogen-bond acceptors (Lipinski definition) is 1. The van der Waals surface area contributed by atoms with Gasteiger partial charge in [0.25, 0.3) is 0 Å². The van der Waals surface area contributed by atoms with E-state index in [-0.39, 0.29) is 5.41 Å². The summed E-state index contributed by atoms with van der Waals surface area (Å²) >= 11 is 0. The van der Waals surface area contributed by atoms with E-state index in [0.717, 1.165) is 13.1 Å². The van der Waals surface area contributed by atoms with E-state index in [0.29, 0.717) is 0 Å².